The van der Waals surface area contributed by atoms with Crippen molar-refractivity contribution in [1.29, 1.82) is 0 Å². The van der Waals surface area contributed by atoms with Crippen molar-refractivity contribution in [2.75, 3.05) is 39.3 Å². The average Bonchev–Trinajstić information content (AvgIpc) is 2.68. The van der Waals surface area contributed by atoms with E-state index in [0.717, 1.165) is 6.42 Å². The quantitative estimate of drug-likeness (QED) is 0.696. The molecule has 0 aliphatic carbocycles. The summed E-state index contributed by atoms with van der Waals surface area (Å²) in [6, 6.07) is 10.1. The molecule has 2 aliphatic heterocycles. The minimum atomic E-state index is 0.611. The van der Waals surface area contributed by atoms with Crippen LogP contribution in [0.15, 0.2) is 24.3 Å². The summed E-state index contributed by atoms with van der Waals surface area (Å²) in [6.45, 7) is 14.5. The number of benzene rings is 1. The summed E-state index contributed by atoms with van der Waals surface area (Å²) in [6.07, 6.45) is 8.15. The first-order valence-corrected chi connectivity index (χ1v) is 11.1. The third-order valence-corrected chi connectivity index (χ3v) is 6.31. The molecule has 0 N–H and O–H groups in total. The van der Waals surface area contributed by atoms with Gasteiger partial charge in [-0.2, -0.15) is 0 Å². The van der Waals surface area contributed by atoms with Crippen molar-refractivity contribution in [2.45, 2.75) is 71.5 Å². The first kappa shape index (κ1) is 19.9. The monoisotopic (exact) mass is 357 g/mol. The normalized spacial score (nSPS) is 25.3. The van der Waals surface area contributed by atoms with Crippen LogP contribution in [-0.4, -0.2) is 66.2 Å². The Kier molecular flexibility index (Phi) is 7.53. The van der Waals surface area contributed by atoms with Crippen LogP contribution in [0.4, 0.5) is 0 Å². The van der Waals surface area contributed by atoms with Crippen LogP contribution in [0.5, 0.6) is 0 Å². The molecular weight excluding hydrogens is 318 g/mol. The summed E-state index contributed by atoms with van der Waals surface area (Å²) < 4.78 is 0. The lowest BCUT2D eigenvalue weighted by Gasteiger charge is -2.54. The molecule has 2 aliphatic rings. The fourth-order valence-corrected chi connectivity index (χ4v) is 4.87. The lowest BCUT2D eigenvalue weighted by atomic mass is 9.94. The number of unbranched alkanes of at least 4 members (excludes halogenated alkanes) is 1. The van der Waals surface area contributed by atoms with E-state index >= 15 is 0 Å². The van der Waals surface area contributed by atoms with E-state index in [9.17, 15) is 0 Å². The first-order chi connectivity index (χ1) is 12.8. The predicted molar refractivity (Wildman–Crippen MR) is 112 cm³/mol. The van der Waals surface area contributed by atoms with Crippen LogP contribution in [-0.2, 0) is 12.8 Å². The van der Waals surface area contributed by atoms with Crippen LogP contribution < -0.4 is 0 Å². The lowest BCUT2D eigenvalue weighted by Crippen LogP contribution is -2.68. The molecule has 1 aromatic rings. The second-order valence-corrected chi connectivity index (χ2v) is 8.17. The third-order valence-electron chi connectivity index (χ3n) is 6.31. The van der Waals surface area contributed by atoms with Crippen LogP contribution in [0, 0.1) is 0 Å². The zero-order valence-electron chi connectivity index (χ0n) is 17.3. The topological polar surface area (TPSA) is 9.72 Å². The first-order valence-electron chi connectivity index (χ1n) is 11.1. The summed E-state index contributed by atoms with van der Waals surface area (Å²) in [5.41, 5.74) is 2.96. The second kappa shape index (κ2) is 9.87. The molecule has 2 fully saturated rings. The fourth-order valence-electron chi connectivity index (χ4n) is 4.87. The van der Waals surface area contributed by atoms with E-state index in [-0.39, 0.29) is 0 Å². The standard InChI is InChI=1S/C23H39N3/c1-4-7-14-24-17-18-26-16-8-15-25(13-5-2)23(26)22(24)19-21-11-9-20(6-3)10-12-21/h9-12,22-23H,4-8,13-19H2,1-3H3. The molecule has 0 radical (unpaired) electrons. The summed E-state index contributed by atoms with van der Waals surface area (Å²) >= 11 is 0. The third kappa shape index (κ3) is 4.68. The van der Waals surface area contributed by atoms with Crippen molar-refractivity contribution in [2.24, 2.45) is 0 Å². The number of nitrogens with zero attached hydrogens (tertiary/aromatic N) is 3. The van der Waals surface area contributed by atoms with Crippen molar-refractivity contribution in [3.8, 4) is 0 Å². The number of aryl methyl sites for hydroxylation is 1. The Bertz CT molecular complexity index is 525. The molecule has 3 heteroatoms. The van der Waals surface area contributed by atoms with Gasteiger partial charge in [-0.25, -0.2) is 0 Å². The second-order valence-electron chi connectivity index (χ2n) is 8.17. The van der Waals surface area contributed by atoms with E-state index in [4.69, 9.17) is 0 Å². The van der Waals surface area contributed by atoms with Gasteiger partial charge < -0.3 is 0 Å². The molecule has 146 valence electrons. The molecule has 1 aromatic carbocycles. The SMILES string of the molecule is CCCCN1CCN2CCCN(CCC)C2C1Cc1ccc(CC)cc1. The highest BCUT2D eigenvalue weighted by Crippen LogP contribution is 2.28. The predicted octanol–water partition coefficient (Wildman–Crippen LogP) is 4.02. The number of rotatable bonds is 8. The molecular formula is C23H39N3. The molecule has 0 saturated carbocycles. The number of hydrogen-bond donors (Lipinski definition) is 0. The maximum Gasteiger partial charge on any atom is 0.0786 e. The fraction of sp³-hybridized carbons (Fsp3) is 0.739. The van der Waals surface area contributed by atoms with Crippen molar-refractivity contribution in [3.63, 3.8) is 0 Å². The van der Waals surface area contributed by atoms with Gasteiger partial charge in [-0.3, -0.25) is 14.7 Å². The smallest absolute Gasteiger partial charge is 0.0786 e. The maximum atomic E-state index is 2.81. The molecule has 3 nitrogen and oxygen atoms in total. The summed E-state index contributed by atoms with van der Waals surface area (Å²) in [7, 11) is 0. The Morgan fingerprint density at radius 1 is 0.808 bits per heavy atom. The highest BCUT2D eigenvalue weighted by atomic mass is 15.4. The van der Waals surface area contributed by atoms with Crippen molar-refractivity contribution in [1.82, 2.24) is 14.7 Å². The van der Waals surface area contributed by atoms with E-state index < -0.39 is 0 Å². The van der Waals surface area contributed by atoms with Gasteiger partial charge in [0.1, 0.15) is 0 Å². The number of hydrogen-bond acceptors (Lipinski definition) is 3. The van der Waals surface area contributed by atoms with Gasteiger partial charge >= 0.3 is 0 Å². The lowest BCUT2D eigenvalue weighted by molar-refractivity contribution is -0.0871. The van der Waals surface area contributed by atoms with E-state index in [1.54, 1.807) is 0 Å². The summed E-state index contributed by atoms with van der Waals surface area (Å²) in [4.78, 5) is 8.38. The Morgan fingerprint density at radius 2 is 1.58 bits per heavy atom. The molecule has 2 atom stereocenters. The maximum absolute atomic E-state index is 2.81. The van der Waals surface area contributed by atoms with Crippen LogP contribution in [0.25, 0.3) is 0 Å². The Labute approximate surface area is 161 Å². The van der Waals surface area contributed by atoms with E-state index in [0.29, 0.717) is 12.2 Å². The van der Waals surface area contributed by atoms with Gasteiger partial charge in [-0.1, -0.05) is 51.5 Å². The molecule has 0 amide bonds. The van der Waals surface area contributed by atoms with E-state index in [1.165, 1.54) is 82.5 Å². The Hall–Kier alpha value is -0.900. The van der Waals surface area contributed by atoms with Gasteiger partial charge in [0, 0.05) is 32.2 Å². The van der Waals surface area contributed by atoms with Crippen molar-refractivity contribution in [3.05, 3.63) is 35.4 Å². The van der Waals surface area contributed by atoms with Crippen LogP contribution in [0.2, 0.25) is 0 Å². The molecule has 0 aromatic heterocycles. The zero-order valence-corrected chi connectivity index (χ0v) is 17.3. The molecule has 2 unspecified atom stereocenters. The summed E-state index contributed by atoms with van der Waals surface area (Å²) in [5.74, 6) is 0. The van der Waals surface area contributed by atoms with E-state index in [1.807, 2.05) is 0 Å². The van der Waals surface area contributed by atoms with E-state index in [2.05, 4.69) is 59.7 Å². The Morgan fingerprint density at radius 3 is 2.27 bits per heavy atom. The van der Waals surface area contributed by atoms with Crippen LogP contribution >= 0.6 is 0 Å². The van der Waals surface area contributed by atoms with Crippen molar-refractivity contribution >= 4 is 0 Å². The Balaban J connectivity index is 1.81. The van der Waals surface area contributed by atoms with Gasteiger partial charge in [0.15, 0.2) is 0 Å². The highest BCUT2D eigenvalue weighted by molar-refractivity contribution is 5.23. The molecule has 0 spiro atoms. The van der Waals surface area contributed by atoms with Crippen LogP contribution in [0.3, 0.4) is 0 Å². The van der Waals surface area contributed by atoms with Gasteiger partial charge in [0.05, 0.1) is 6.17 Å². The van der Waals surface area contributed by atoms with Gasteiger partial charge in [-0.05, 0) is 56.3 Å². The molecule has 2 heterocycles. The van der Waals surface area contributed by atoms with Gasteiger partial charge in [-0.15, -0.1) is 0 Å². The van der Waals surface area contributed by atoms with Crippen LogP contribution in [0.1, 0.15) is 57.6 Å². The zero-order chi connectivity index (χ0) is 18.4. The number of piperazine rings is 1. The highest BCUT2D eigenvalue weighted by Gasteiger charge is 2.41. The molecule has 3 rings (SSSR count). The molecule has 0 bridgehead atoms. The summed E-state index contributed by atoms with van der Waals surface area (Å²) in [5, 5.41) is 0. The van der Waals surface area contributed by atoms with Gasteiger partial charge in [0.2, 0.25) is 0 Å². The molecule has 2 saturated heterocycles. The molecule has 26 heavy (non-hydrogen) atoms. The largest absolute Gasteiger partial charge is 0.296 e. The minimum absolute atomic E-state index is 0.611. The van der Waals surface area contributed by atoms with Gasteiger partial charge in [0.25, 0.3) is 0 Å². The van der Waals surface area contributed by atoms with Crippen molar-refractivity contribution < 1.29 is 0 Å². The number of fused-ring (bicyclic) bond motifs is 1. The average molecular weight is 358 g/mol. The minimum Gasteiger partial charge on any atom is -0.296 e.